The maximum Gasteiger partial charge on any atom is 0.257 e. The Balaban J connectivity index is 2.38. The Morgan fingerprint density at radius 2 is 2.00 bits per heavy atom. The second-order valence-corrected chi connectivity index (χ2v) is 4.81. The zero-order chi connectivity index (χ0) is 16.6. The van der Waals surface area contributed by atoms with E-state index in [2.05, 4.69) is 28.3 Å². The van der Waals surface area contributed by atoms with Crippen molar-refractivity contribution >= 4 is 22.5 Å². The molecule has 0 aliphatic rings. The number of allylic oxidation sites excluding steroid dienone is 3. The van der Waals surface area contributed by atoms with Crippen LogP contribution in [0.4, 0.5) is 14.6 Å². The summed E-state index contributed by atoms with van der Waals surface area (Å²) in [6.07, 6.45) is 6.35. The molecule has 0 radical (unpaired) electrons. The molecule has 2 aromatic heterocycles. The first kappa shape index (κ1) is 14.8. The van der Waals surface area contributed by atoms with Gasteiger partial charge in [0, 0.05) is 24.2 Å². The molecule has 0 aliphatic carbocycles. The Hall–Kier alpha value is -3.09. The molecule has 5 nitrogen and oxygen atoms in total. The van der Waals surface area contributed by atoms with Crippen LogP contribution in [0.5, 0.6) is 0 Å². The Bertz CT molecular complexity index is 958. The lowest BCUT2D eigenvalue weighted by Gasteiger charge is -2.21. The Labute approximate surface area is 130 Å². The summed E-state index contributed by atoms with van der Waals surface area (Å²) in [4.78, 5) is 6.09. The SMILES string of the molecule is C=C/C=C(\C=C)N(C)c1nc2nncn2c2cc(F)c(F)cc12. The van der Waals surface area contributed by atoms with E-state index in [1.54, 1.807) is 30.2 Å². The number of fused-ring (bicyclic) bond motifs is 3. The van der Waals surface area contributed by atoms with Gasteiger partial charge in [-0.2, -0.15) is 4.98 Å². The quantitative estimate of drug-likeness (QED) is 0.694. The predicted molar refractivity (Wildman–Crippen MR) is 85.1 cm³/mol. The van der Waals surface area contributed by atoms with Gasteiger partial charge in [-0.3, -0.25) is 4.40 Å². The minimum atomic E-state index is -0.950. The topological polar surface area (TPSA) is 46.3 Å². The van der Waals surface area contributed by atoms with Gasteiger partial charge in [0.25, 0.3) is 5.78 Å². The van der Waals surface area contributed by atoms with E-state index in [-0.39, 0.29) is 5.78 Å². The van der Waals surface area contributed by atoms with Gasteiger partial charge < -0.3 is 4.90 Å². The van der Waals surface area contributed by atoms with Crippen molar-refractivity contribution < 1.29 is 8.78 Å². The average Bonchev–Trinajstić information content (AvgIpc) is 3.01. The summed E-state index contributed by atoms with van der Waals surface area (Å²) in [6.45, 7) is 7.38. The van der Waals surface area contributed by atoms with E-state index in [0.29, 0.717) is 22.4 Å². The van der Waals surface area contributed by atoms with E-state index >= 15 is 0 Å². The number of hydrogen-bond donors (Lipinski definition) is 0. The standard InChI is InChI=1S/C16H13F2N5/c1-4-6-10(5-2)22(3)15-11-7-12(17)13(18)8-14(11)23-9-19-21-16(23)20-15/h4-9H,1-2H2,3H3/b10-6+. The van der Waals surface area contributed by atoms with Crippen LogP contribution in [0.3, 0.4) is 0 Å². The molecule has 0 amide bonds. The van der Waals surface area contributed by atoms with Crippen LogP contribution >= 0.6 is 0 Å². The van der Waals surface area contributed by atoms with Crippen LogP contribution in [0.25, 0.3) is 16.7 Å². The van der Waals surface area contributed by atoms with Crippen molar-refractivity contribution in [3.05, 3.63) is 67.2 Å². The summed E-state index contributed by atoms with van der Waals surface area (Å²) >= 11 is 0. The summed E-state index contributed by atoms with van der Waals surface area (Å²) < 4.78 is 28.9. The van der Waals surface area contributed by atoms with Crippen molar-refractivity contribution in [1.82, 2.24) is 19.6 Å². The summed E-state index contributed by atoms with van der Waals surface area (Å²) in [5.74, 6) is -1.20. The van der Waals surface area contributed by atoms with Gasteiger partial charge in [0.1, 0.15) is 12.1 Å². The van der Waals surface area contributed by atoms with Crippen molar-refractivity contribution in [2.24, 2.45) is 0 Å². The third-order valence-corrected chi connectivity index (χ3v) is 3.48. The van der Waals surface area contributed by atoms with Gasteiger partial charge in [-0.25, -0.2) is 8.78 Å². The zero-order valence-corrected chi connectivity index (χ0v) is 12.4. The molecule has 0 saturated carbocycles. The molecule has 0 spiro atoms. The number of benzene rings is 1. The summed E-state index contributed by atoms with van der Waals surface area (Å²) in [6, 6.07) is 2.21. The highest BCUT2D eigenvalue weighted by molar-refractivity contribution is 5.92. The van der Waals surface area contributed by atoms with Crippen molar-refractivity contribution in [1.29, 1.82) is 0 Å². The van der Waals surface area contributed by atoms with Gasteiger partial charge in [-0.1, -0.05) is 19.2 Å². The molecule has 0 bridgehead atoms. The molecule has 0 saturated heterocycles. The third-order valence-electron chi connectivity index (χ3n) is 3.48. The van der Waals surface area contributed by atoms with E-state index in [0.717, 1.165) is 12.1 Å². The van der Waals surface area contributed by atoms with Crippen LogP contribution in [-0.2, 0) is 0 Å². The van der Waals surface area contributed by atoms with Crippen LogP contribution in [-0.4, -0.2) is 26.6 Å². The van der Waals surface area contributed by atoms with Crippen LogP contribution < -0.4 is 4.90 Å². The fourth-order valence-electron chi connectivity index (χ4n) is 2.36. The molecule has 0 aliphatic heterocycles. The second-order valence-electron chi connectivity index (χ2n) is 4.81. The monoisotopic (exact) mass is 313 g/mol. The molecule has 2 heterocycles. The molecule has 0 fully saturated rings. The number of anilines is 1. The van der Waals surface area contributed by atoms with E-state index in [9.17, 15) is 8.78 Å². The van der Waals surface area contributed by atoms with Crippen LogP contribution in [0.1, 0.15) is 0 Å². The molecule has 116 valence electrons. The van der Waals surface area contributed by atoms with Gasteiger partial charge in [0.05, 0.1) is 5.52 Å². The minimum Gasteiger partial charge on any atom is -0.329 e. The largest absolute Gasteiger partial charge is 0.329 e. The second kappa shape index (κ2) is 5.60. The third kappa shape index (κ3) is 2.36. The maximum atomic E-state index is 13.7. The smallest absolute Gasteiger partial charge is 0.257 e. The molecule has 7 heteroatoms. The Morgan fingerprint density at radius 3 is 2.70 bits per heavy atom. The number of likely N-dealkylation sites (N-methyl/N-ethyl adjacent to an activating group) is 1. The number of rotatable bonds is 4. The highest BCUT2D eigenvalue weighted by Crippen LogP contribution is 2.29. The maximum absolute atomic E-state index is 13.7. The van der Waals surface area contributed by atoms with E-state index in [4.69, 9.17) is 0 Å². The fraction of sp³-hybridized carbons (Fsp3) is 0.0625. The van der Waals surface area contributed by atoms with Gasteiger partial charge in [0.15, 0.2) is 11.6 Å². The lowest BCUT2D eigenvalue weighted by atomic mass is 10.2. The van der Waals surface area contributed by atoms with Gasteiger partial charge in [-0.15, -0.1) is 10.2 Å². The molecule has 0 N–H and O–H groups in total. The van der Waals surface area contributed by atoms with Gasteiger partial charge >= 0.3 is 0 Å². The normalized spacial score (nSPS) is 11.9. The minimum absolute atomic E-state index is 0.285. The average molecular weight is 313 g/mol. The molecule has 0 atom stereocenters. The van der Waals surface area contributed by atoms with E-state index in [1.165, 1.54) is 10.7 Å². The predicted octanol–water partition coefficient (Wildman–Crippen LogP) is 3.25. The number of nitrogens with zero attached hydrogens (tertiary/aromatic N) is 5. The summed E-state index contributed by atoms with van der Waals surface area (Å²) in [5.41, 5.74) is 1.12. The van der Waals surface area contributed by atoms with E-state index < -0.39 is 11.6 Å². The molecular weight excluding hydrogens is 300 g/mol. The van der Waals surface area contributed by atoms with Crippen molar-refractivity contribution in [3.8, 4) is 0 Å². The molecular formula is C16H13F2N5. The first-order valence-corrected chi connectivity index (χ1v) is 6.74. The number of aromatic nitrogens is 4. The molecule has 3 rings (SSSR count). The Kier molecular flexibility index (Phi) is 3.61. The van der Waals surface area contributed by atoms with Crippen LogP contribution in [0.15, 0.2) is 55.5 Å². The molecule has 1 aromatic carbocycles. The van der Waals surface area contributed by atoms with Crippen LogP contribution in [0.2, 0.25) is 0 Å². The zero-order valence-electron chi connectivity index (χ0n) is 12.4. The first-order valence-electron chi connectivity index (χ1n) is 6.74. The van der Waals surface area contributed by atoms with Crippen molar-refractivity contribution in [3.63, 3.8) is 0 Å². The highest BCUT2D eigenvalue weighted by atomic mass is 19.2. The van der Waals surface area contributed by atoms with Crippen LogP contribution in [0, 0.1) is 11.6 Å². The summed E-state index contributed by atoms with van der Waals surface area (Å²) in [7, 11) is 1.74. The van der Waals surface area contributed by atoms with E-state index in [1.807, 2.05) is 0 Å². The first-order chi connectivity index (χ1) is 11.1. The van der Waals surface area contributed by atoms with Gasteiger partial charge in [0.2, 0.25) is 0 Å². The van der Waals surface area contributed by atoms with Crippen molar-refractivity contribution in [2.75, 3.05) is 11.9 Å². The molecule has 3 aromatic rings. The number of hydrogen-bond acceptors (Lipinski definition) is 4. The lowest BCUT2D eigenvalue weighted by molar-refractivity contribution is 0.510. The fourth-order valence-corrected chi connectivity index (χ4v) is 2.36. The Morgan fingerprint density at radius 1 is 1.26 bits per heavy atom. The summed E-state index contributed by atoms with van der Waals surface area (Å²) in [5, 5.41) is 8.09. The van der Waals surface area contributed by atoms with Crippen molar-refractivity contribution in [2.45, 2.75) is 0 Å². The number of halogens is 2. The van der Waals surface area contributed by atoms with Gasteiger partial charge in [-0.05, 0) is 18.2 Å². The lowest BCUT2D eigenvalue weighted by Crippen LogP contribution is -2.17. The molecule has 0 unspecified atom stereocenters. The molecule has 23 heavy (non-hydrogen) atoms. The highest BCUT2D eigenvalue weighted by Gasteiger charge is 2.17.